The van der Waals surface area contributed by atoms with E-state index in [1.807, 2.05) is 5.43 Å². The second-order valence-corrected chi connectivity index (χ2v) is 5.25. The molecule has 11 heteroatoms. The number of nitrogens with zero attached hydrogens (tertiary/aromatic N) is 1. The van der Waals surface area contributed by atoms with Crippen LogP contribution in [0.5, 0.6) is 11.5 Å². The Hall–Kier alpha value is -3.08. The Kier molecular flexibility index (Phi) is 9.37. The smallest absolute Gasteiger partial charge is 0.419 e. The number of rotatable bonds is 12. The molecule has 0 saturated heterocycles. The van der Waals surface area contributed by atoms with Gasteiger partial charge in [0.25, 0.3) is 5.69 Å². The summed E-state index contributed by atoms with van der Waals surface area (Å²) >= 11 is 0. The average molecular weight is 385 g/mol. The van der Waals surface area contributed by atoms with E-state index in [-0.39, 0.29) is 43.4 Å². The van der Waals surface area contributed by atoms with Gasteiger partial charge >= 0.3 is 12.1 Å². The van der Waals surface area contributed by atoms with Gasteiger partial charge in [0.05, 0.1) is 31.3 Å². The largest absolute Gasteiger partial charge is 0.493 e. The molecule has 0 fully saturated rings. The molecule has 1 rings (SSSR count). The number of benzene rings is 1. The molecule has 27 heavy (non-hydrogen) atoms. The number of carboxylic acid groups (broad SMARTS) is 1. The van der Waals surface area contributed by atoms with Crippen molar-refractivity contribution in [2.75, 3.05) is 26.9 Å². The third-order valence-electron chi connectivity index (χ3n) is 3.36. The molecule has 0 bridgehead atoms. The van der Waals surface area contributed by atoms with E-state index in [4.69, 9.17) is 19.3 Å². The molecule has 0 atom stereocenters. The minimum absolute atomic E-state index is 0.149. The van der Waals surface area contributed by atoms with Crippen molar-refractivity contribution in [2.24, 2.45) is 0 Å². The fourth-order valence-electron chi connectivity index (χ4n) is 2.20. The Morgan fingerprint density at radius 3 is 2.63 bits per heavy atom. The van der Waals surface area contributed by atoms with Crippen LogP contribution in [0.1, 0.15) is 25.3 Å². The quantitative estimate of drug-likeness (QED) is 0.211. The molecule has 0 saturated carbocycles. The van der Waals surface area contributed by atoms with Crippen LogP contribution in [0.3, 0.4) is 0 Å². The molecule has 1 aromatic carbocycles. The molecule has 0 spiro atoms. The van der Waals surface area contributed by atoms with E-state index in [2.05, 4.69) is 5.43 Å². The molecule has 1 amide bonds. The van der Waals surface area contributed by atoms with Crippen molar-refractivity contribution in [2.45, 2.75) is 26.2 Å². The SMILES string of the molecule is CCOC(=O)CCCOc1cc([N+](=O)[O-])c(CCNNC(=O)O)cc1OC. The van der Waals surface area contributed by atoms with Crippen LogP contribution in [0.15, 0.2) is 12.1 Å². The molecule has 150 valence electrons. The van der Waals surface area contributed by atoms with Crippen molar-refractivity contribution in [3.63, 3.8) is 0 Å². The summed E-state index contributed by atoms with van der Waals surface area (Å²) < 4.78 is 15.5. The maximum Gasteiger partial charge on any atom is 0.419 e. The number of esters is 1. The fraction of sp³-hybridized carbons (Fsp3) is 0.500. The van der Waals surface area contributed by atoms with Crippen molar-refractivity contribution >= 4 is 17.7 Å². The molecule has 0 aliphatic rings. The highest BCUT2D eigenvalue weighted by Crippen LogP contribution is 2.35. The number of nitro benzene ring substituents is 1. The number of nitro groups is 1. The van der Waals surface area contributed by atoms with Gasteiger partial charge in [-0.25, -0.2) is 10.2 Å². The van der Waals surface area contributed by atoms with Gasteiger partial charge in [-0.2, -0.15) is 0 Å². The summed E-state index contributed by atoms with van der Waals surface area (Å²) in [6.45, 7) is 2.33. The minimum Gasteiger partial charge on any atom is -0.493 e. The summed E-state index contributed by atoms with van der Waals surface area (Å²) in [7, 11) is 1.40. The van der Waals surface area contributed by atoms with Crippen molar-refractivity contribution in [1.29, 1.82) is 0 Å². The van der Waals surface area contributed by atoms with Crippen LogP contribution < -0.4 is 20.3 Å². The number of methoxy groups -OCH3 is 1. The first-order valence-electron chi connectivity index (χ1n) is 8.24. The van der Waals surface area contributed by atoms with E-state index in [0.717, 1.165) is 0 Å². The number of amides is 1. The topological polar surface area (TPSA) is 149 Å². The summed E-state index contributed by atoms with van der Waals surface area (Å²) in [5, 5.41) is 19.8. The maximum absolute atomic E-state index is 11.3. The summed E-state index contributed by atoms with van der Waals surface area (Å²) in [5.41, 5.74) is 4.57. The Labute approximate surface area is 155 Å². The van der Waals surface area contributed by atoms with Gasteiger partial charge in [0.15, 0.2) is 11.5 Å². The molecule has 0 aromatic heterocycles. The van der Waals surface area contributed by atoms with Gasteiger partial charge in [-0.15, -0.1) is 0 Å². The number of hydrogen-bond acceptors (Lipinski definition) is 8. The van der Waals surface area contributed by atoms with E-state index >= 15 is 0 Å². The van der Waals surface area contributed by atoms with Crippen LogP contribution in [0, 0.1) is 10.1 Å². The molecule has 0 radical (unpaired) electrons. The second-order valence-electron chi connectivity index (χ2n) is 5.25. The highest BCUT2D eigenvalue weighted by Gasteiger charge is 2.19. The van der Waals surface area contributed by atoms with Crippen molar-refractivity contribution in [1.82, 2.24) is 10.9 Å². The third kappa shape index (κ3) is 7.77. The molecule has 0 unspecified atom stereocenters. The number of hydrazine groups is 1. The lowest BCUT2D eigenvalue weighted by atomic mass is 10.1. The lowest BCUT2D eigenvalue weighted by molar-refractivity contribution is -0.385. The van der Waals surface area contributed by atoms with Gasteiger partial charge in [0.2, 0.25) is 0 Å². The highest BCUT2D eigenvalue weighted by atomic mass is 16.6. The Morgan fingerprint density at radius 2 is 2.04 bits per heavy atom. The zero-order chi connectivity index (χ0) is 20.2. The predicted molar refractivity (Wildman–Crippen MR) is 93.9 cm³/mol. The minimum atomic E-state index is -1.26. The normalized spacial score (nSPS) is 10.1. The number of carbonyl (C=O) groups excluding carboxylic acids is 1. The van der Waals surface area contributed by atoms with E-state index in [1.165, 1.54) is 19.2 Å². The molecule has 3 N–H and O–H groups in total. The van der Waals surface area contributed by atoms with Crippen molar-refractivity contribution in [3.05, 3.63) is 27.8 Å². The third-order valence-corrected chi connectivity index (χ3v) is 3.36. The fourth-order valence-corrected chi connectivity index (χ4v) is 2.20. The van der Waals surface area contributed by atoms with Gasteiger partial charge in [-0.3, -0.25) is 20.3 Å². The van der Waals surface area contributed by atoms with Crippen molar-refractivity contribution in [3.8, 4) is 11.5 Å². The first-order chi connectivity index (χ1) is 12.9. The predicted octanol–water partition coefficient (Wildman–Crippen LogP) is 1.64. The summed E-state index contributed by atoms with van der Waals surface area (Å²) in [6, 6.07) is 2.73. The van der Waals surface area contributed by atoms with Gasteiger partial charge in [-0.05, 0) is 25.8 Å². The molecule has 0 aliphatic carbocycles. The lowest BCUT2D eigenvalue weighted by Crippen LogP contribution is -2.37. The van der Waals surface area contributed by atoms with Crippen LogP contribution >= 0.6 is 0 Å². The van der Waals surface area contributed by atoms with Crippen LogP contribution in [-0.2, 0) is 16.0 Å². The highest BCUT2D eigenvalue weighted by molar-refractivity contribution is 5.69. The first kappa shape index (κ1) is 22.0. The van der Waals surface area contributed by atoms with Gasteiger partial charge < -0.3 is 19.3 Å². The van der Waals surface area contributed by atoms with Crippen LogP contribution in [-0.4, -0.2) is 49.0 Å². The average Bonchev–Trinajstić information content (AvgIpc) is 2.62. The van der Waals surface area contributed by atoms with E-state index in [9.17, 15) is 19.7 Å². The van der Waals surface area contributed by atoms with Gasteiger partial charge in [0.1, 0.15) is 0 Å². The molecule has 1 aromatic rings. The van der Waals surface area contributed by atoms with Gasteiger partial charge in [0, 0.05) is 18.5 Å². The van der Waals surface area contributed by atoms with E-state index < -0.39 is 11.0 Å². The summed E-state index contributed by atoms with van der Waals surface area (Å²) in [5.74, 6) is 0.156. The molecule has 0 heterocycles. The number of carbonyl (C=O) groups is 2. The van der Waals surface area contributed by atoms with Crippen LogP contribution in [0.4, 0.5) is 10.5 Å². The number of hydrogen-bond donors (Lipinski definition) is 3. The van der Waals surface area contributed by atoms with Crippen LogP contribution in [0.25, 0.3) is 0 Å². The summed E-state index contributed by atoms with van der Waals surface area (Å²) in [6.07, 6.45) is -0.495. The molecule has 11 nitrogen and oxygen atoms in total. The zero-order valence-electron chi connectivity index (χ0n) is 15.1. The number of ether oxygens (including phenoxy) is 3. The Balaban J connectivity index is 2.77. The second kappa shape index (κ2) is 11.5. The zero-order valence-corrected chi connectivity index (χ0v) is 15.1. The Bertz CT molecular complexity index is 665. The van der Waals surface area contributed by atoms with Crippen LogP contribution in [0.2, 0.25) is 0 Å². The lowest BCUT2D eigenvalue weighted by Gasteiger charge is -2.13. The number of nitrogens with one attached hydrogen (secondary N) is 2. The molecular weight excluding hydrogens is 362 g/mol. The molecule has 0 aliphatic heterocycles. The molecular formula is C16H23N3O8. The standard InChI is InChI=1S/C16H23N3O8/c1-3-26-15(20)5-4-8-27-14-10-12(19(23)24)11(9-13(14)25-2)6-7-17-18-16(21)22/h9-10,17-18H,3-8H2,1-2H3,(H,21,22). The first-order valence-corrected chi connectivity index (χ1v) is 8.24. The maximum atomic E-state index is 11.3. The summed E-state index contributed by atoms with van der Waals surface area (Å²) in [4.78, 5) is 32.5. The van der Waals surface area contributed by atoms with Crippen molar-refractivity contribution < 1.29 is 33.8 Å². The van der Waals surface area contributed by atoms with E-state index in [0.29, 0.717) is 24.3 Å². The Morgan fingerprint density at radius 1 is 1.30 bits per heavy atom. The monoisotopic (exact) mass is 385 g/mol. The van der Waals surface area contributed by atoms with Gasteiger partial charge in [-0.1, -0.05) is 0 Å². The van der Waals surface area contributed by atoms with E-state index in [1.54, 1.807) is 6.92 Å².